The number of nitrogens with zero attached hydrogens (tertiary/aromatic N) is 1. The van der Waals surface area contributed by atoms with Gasteiger partial charge in [-0.3, -0.25) is 9.69 Å². The summed E-state index contributed by atoms with van der Waals surface area (Å²) in [7, 11) is 0. The van der Waals surface area contributed by atoms with E-state index >= 15 is 0 Å². The lowest BCUT2D eigenvalue weighted by Crippen LogP contribution is -2.48. The predicted molar refractivity (Wildman–Crippen MR) is 53.1 cm³/mol. The van der Waals surface area contributed by atoms with Crippen LogP contribution in [0.25, 0.3) is 0 Å². The third kappa shape index (κ3) is 2.69. The SMILES string of the molecule is CC(C(=O)O)N1CCCCC1CCO. The van der Waals surface area contributed by atoms with Crippen molar-refractivity contribution >= 4 is 5.97 Å². The second-order valence-electron chi connectivity index (χ2n) is 3.91. The largest absolute Gasteiger partial charge is 0.480 e. The molecule has 1 saturated heterocycles. The number of likely N-dealkylation sites (tertiary alicyclic amines) is 1. The first kappa shape index (κ1) is 11.5. The van der Waals surface area contributed by atoms with E-state index in [4.69, 9.17) is 10.2 Å². The summed E-state index contributed by atoms with van der Waals surface area (Å²) in [6, 6.07) is -0.174. The molecule has 0 aromatic heterocycles. The maximum atomic E-state index is 10.8. The zero-order chi connectivity index (χ0) is 10.6. The Morgan fingerprint density at radius 3 is 2.86 bits per heavy atom. The van der Waals surface area contributed by atoms with Gasteiger partial charge in [0.05, 0.1) is 0 Å². The molecular weight excluding hydrogens is 182 g/mol. The standard InChI is InChI=1S/C10H19NO3/c1-8(10(13)14)11-6-3-2-4-9(11)5-7-12/h8-9,12H,2-7H2,1H3,(H,13,14). The molecule has 0 saturated carbocycles. The topological polar surface area (TPSA) is 60.8 Å². The molecule has 0 bridgehead atoms. The molecule has 0 aromatic carbocycles. The Bertz CT molecular complexity index is 194. The lowest BCUT2D eigenvalue weighted by molar-refractivity contribution is -0.144. The number of carboxylic acids is 1. The van der Waals surface area contributed by atoms with Crippen LogP contribution < -0.4 is 0 Å². The van der Waals surface area contributed by atoms with Crippen LogP contribution >= 0.6 is 0 Å². The van der Waals surface area contributed by atoms with Crippen molar-refractivity contribution in [3.8, 4) is 0 Å². The first-order valence-electron chi connectivity index (χ1n) is 5.26. The highest BCUT2D eigenvalue weighted by molar-refractivity contribution is 5.72. The van der Waals surface area contributed by atoms with Crippen molar-refractivity contribution in [3.05, 3.63) is 0 Å². The summed E-state index contributed by atoms with van der Waals surface area (Å²) in [6.45, 7) is 2.71. The third-order valence-electron chi connectivity index (χ3n) is 2.99. The Labute approximate surface area is 84.5 Å². The van der Waals surface area contributed by atoms with Crippen LogP contribution in [0.5, 0.6) is 0 Å². The van der Waals surface area contributed by atoms with Crippen LogP contribution in [0.4, 0.5) is 0 Å². The van der Waals surface area contributed by atoms with Gasteiger partial charge in [-0.25, -0.2) is 0 Å². The maximum absolute atomic E-state index is 10.8. The number of rotatable bonds is 4. The normalized spacial score (nSPS) is 26.0. The van der Waals surface area contributed by atoms with Crippen molar-refractivity contribution in [3.63, 3.8) is 0 Å². The fourth-order valence-corrected chi connectivity index (χ4v) is 2.13. The molecule has 1 fully saturated rings. The van der Waals surface area contributed by atoms with Crippen LogP contribution in [0.3, 0.4) is 0 Å². The molecule has 0 aromatic rings. The molecule has 0 aliphatic carbocycles. The lowest BCUT2D eigenvalue weighted by atomic mass is 9.98. The smallest absolute Gasteiger partial charge is 0.320 e. The molecule has 0 amide bonds. The highest BCUT2D eigenvalue weighted by atomic mass is 16.4. The van der Waals surface area contributed by atoms with Crippen LogP contribution in [0, 0.1) is 0 Å². The molecule has 0 spiro atoms. The van der Waals surface area contributed by atoms with E-state index in [0.717, 1.165) is 25.8 Å². The fraction of sp³-hybridized carbons (Fsp3) is 0.900. The summed E-state index contributed by atoms with van der Waals surface area (Å²) in [5.74, 6) is -0.769. The van der Waals surface area contributed by atoms with Crippen molar-refractivity contribution in [2.75, 3.05) is 13.2 Å². The molecule has 4 nitrogen and oxygen atoms in total. The number of aliphatic hydroxyl groups excluding tert-OH is 1. The molecule has 4 heteroatoms. The first-order valence-corrected chi connectivity index (χ1v) is 5.26. The quantitative estimate of drug-likeness (QED) is 0.702. The Morgan fingerprint density at radius 2 is 2.29 bits per heavy atom. The van der Waals surface area contributed by atoms with Crippen molar-refractivity contribution in [2.24, 2.45) is 0 Å². The van der Waals surface area contributed by atoms with Crippen LogP contribution in [0.2, 0.25) is 0 Å². The Kier molecular flexibility index (Phi) is 4.35. The lowest BCUT2D eigenvalue weighted by Gasteiger charge is -2.37. The summed E-state index contributed by atoms with van der Waals surface area (Å²) in [6.07, 6.45) is 3.92. The second-order valence-corrected chi connectivity index (χ2v) is 3.91. The molecule has 82 valence electrons. The predicted octanol–water partition coefficient (Wildman–Crippen LogP) is 0.696. The summed E-state index contributed by atoms with van der Waals surface area (Å²) in [4.78, 5) is 12.8. The number of aliphatic hydroxyl groups is 1. The molecule has 14 heavy (non-hydrogen) atoms. The third-order valence-corrected chi connectivity index (χ3v) is 2.99. The van der Waals surface area contributed by atoms with E-state index in [0.29, 0.717) is 6.42 Å². The molecule has 2 atom stereocenters. The van der Waals surface area contributed by atoms with Crippen molar-refractivity contribution in [1.29, 1.82) is 0 Å². The maximum Gasteiger partial charge on any atom is 0.320 e. The molecule has 2 N–H and O–H groups in total. The van der Waals surface area contributed by atoms with Gasteiger partial charge in [0.2, 0.25) is 0 Å². The van der Waals surface area contributed by atoms with Crippen LogP contribution in [0.1, 0.15) is 32.6 Å². The van der Waals surface area contributed by atoms with Crippen LogP contribution in [0.15, 0.2) is 0 Å². The number of carboxylic acid groups (broad SMARTS) is 1. The van der Waals surface area contributed by atoms with Gasteiger partial charge in [0.25, 0.3) is 0 Å². The van der Waals surface area contributed by atoms with Gasteiger partial charge in [-0.2, -0.15) is 0 Å². The first-order chi connectivity index (χ1) is 6.66. The van der Waals surface area contributed by atoms with Crippen molar-refractivity contribution in [1.82, 2.24) is 4.90 Å². The molecule has 1 aliphatic rings. The molecule has 1 heterocycles. The molecule has 2 unspecified atom stereocenters. The highest BCUT2D eigenvalue weighted by Crippen LogP contribution is 2.21. The average Bonchev–Trinajstić information content (AvgIpc) is 2.18. The van der Waals surface area contributed by atoms with Gasteiger partial charge in [-0.1, -0.05) is 6.42 Å². The van der Waals surface area contributed by atoms with Gasteiger partial charge in [-0.05, 0) is 32.7 Å². The summed E-state index contributed by atoms with van der Waals surface area (Å²) in [5.41, 5.74) is 0. The van der Waals surface area contributed by atoms with E-state index in [1.165, 1.54) is 0 Å². The van der Waals surface area contributed by atoms with Crippen LogP contribution in [-0.2, 0) is 4.79 Å². The van der Waals surface area contributed by atoms with Gasteiger partial charge in [-0.15, -0.1) is 0 Å². The van der Waals surface area contributed by atoms with E-state index in [-0.39, 0.29) is 12.6 Å². The summed E-state index contributed by atoms with van der Waals surface area (Å²) >= 11 is 0. The van der Waals surface area contributed by atoms with E-state index in [1.807, 2.05) is 4.90 Å². The van der Waals surface area contributed by atoms with Gasteiger partial charge < -0.3 is 10.2 Å². The van der Waals surface area contributed by atoms with Gasteiger partial charge in [0, 0.05) is 12.6 Å². The zero-order valence-corrected chi connectivity index (χ0v) is 8.65. The summed E-state index contributed by atoms with van der Waals surface area (Å²) < 4.78 is 0. The molecule has 1 aliphatic heterocycles. The zero-order valence-electron chi connectivity index (χ0n) is 8.65. The Morgan fingerprint density at radius 1 is 1.57 bits per heavy atom. The minimum Gasteiger partial charge on any atom is -0.480 e. The van der Waals surface area contributed by atoms with Gasteiger partial charge in [0.15, 0.2) is 0 Å². The average molecular weight is 201 g/mol. The molecular formula is C10H19NO3. The Balaban J connectivity index is 2.57. The Hall–Kier alpha value is -0.610. The van der Waals surface area contributed by atoms with E-state index < -0.39 is 12.0 Å². The number of carbonyl (C=O) groups is 1. The number of piperidine rings is 1. The van der Waals surface area contributed by atoms with Crippen molar-refractivity contribution in [2.45, 2.75) is 44.7 Å². The summed E-state index contributed by atoms with van der Waals surface area (Å²) in [5, 5.41) is 17.8. The van der Waals surface area contributed by atoms with Crippen molar-refractivity contribution < 1.29 is 15.0 Å². The van der Waals surface area contributed by atoms with Gasteiger partial charge >= 0.3 is 5.97 Å². The number of hydrogen-bond donors (Lipinski definition) is 2. The van der Waals surface area contributed by atoms with E-state index in [1.54, 1.807) is 6.92 Å². The minimum absolute atomic E-state index is 0.146. The van der Waals surface area contributed by atoms with E-state index in [9.17, 15) is 4.79 Å². The number of aliphatic carboxylic acids is 1. The second kappa shape index (κ2) is 5.32. The van der Waals surface area contributed by atoms with Gasteiger partial charge in [0.1, 0.15) is 6.04 Å². The monoisotopic (exact) mass is 201 g/mol. The molecule has 0 radical (unpaired) electrons. The molecule has 1 rings (SSSR count). The van der Waals surface area contributed by atoms with Crippen LogP contribution in [-0.4, -0.2) is 46.3 Å². The number of hydrogen-bond acceptors (Lipinski definition) is 3. The highest BCUT2D eigenvalue weighted by Gasteiger charge is 2.29. The minimum atomic E-state index is -0.769. The fourth-order valence-electron chi connectivity index (χ4n) is 2.13. The van der Waals surface area contributed by atoms with E-state index in [2.05, 4.69) is 0 Å².